The standard InChI is InChI=1S/C12H26N2O2/c1-11-8-12(10-16-11)9-14-5-3-4-13-6-7-15-2/h11-14H,3-10H2,1-2H3. The van der Waals surface area contributed by atoms with Crippen LogP contribution in [0.2, 0.25) is 0 Å². The molecule has 0 aromatic heterocycles. The Kier molecular flexibility index (Phi) is 7.76. The van der Waals surface area contributed by atoms with Gasteiger partial charge in [0.2, 0.25) is 0 Å². The maximum atomic E-state index is 5.52. The fourth-order valence-electron chi connectivity index (χ4n) is 1.99. The van der Waals surface area contributed by atoms with Gasteiger partial charge in [0, 0.05) is 20.2 Å². The van der Waals surface area contributed by atoms with Crippen molar-refractivity contribution in [2.45, 2.75) is 25.9 Å². The van der Waals surface area contributed by atoms with Crippen LogP contribution in [0.25, 0.3) is 0 Å². The molecule has 0 aromatic rings. The van der Waals surface area contributed by atoms with E-state index in [2.05, 4.69) is 17.6 Å². The van der Waals surface area contributed by atoms with Crippen molar-refractivity contribution in [3.05, 3.63) is 0 Å². The van der Waals surface area contributed by atoms with E-state index in [0.717, 1.165) is 45.3 Å². The highest BCUT2D eigenvalue weighted by Gasteiger charge is 2.20. The third kappa shape index (κ3) is 6.43. The Bertz CT molecular complexity index is 167. The highest BCUT2D eigenvalue weighted by Crippen LogP contribution is 2.17. The molecule has 0 saturated carbocycles. The third-order valence-corrected chi connectivity index (χ3v) is 2.90. The number of ether oxygens (including phenoxy) is 2. The van der Waals surface area contributed by atoms with Crippen LogP contribution in [0.1, 0.15) is 19.8 Å². The highest BCUT2D eigenvalue weighted by atomic mass is 16.5. The van der Waals surface area contributed by atoms with E-state index in [4.69, 9.17) is 9.47 Å². The zero-order valence-electron chi connectivity index (χ0n) is 10.6. The molecule has 2 atom stereocenters. The first kappa shape index (κ1) is 13.9. The van der Waals surface area contributed by atoms with E-state index in [9.17, 15) is 0 Å². The minimum Gasteiger partial charge on any atom is -0.383 e. The van der Waals surface area contributed by atoms with Crippen LogP contribution in [0, 0.1) is 5.92 Å². The molecule has 2 unspecified atom stereocenters. The van der Waals surface area contributed by atoms with E-state index in [1.54, 1.807) is 7.11 Å². The normalized spacial score (nSPS) is 25.1. The average Bonchev–Trinajstić information content (AvgIpc) is 2.68. The Morgan fingerprint density at radius 2 is 2.06 bits per heavy atom. The van der Waals surface area contributed by atoms with Gasteiger partial charge in [-0.3, -0.25) is 0 Å². The summed E-state index contributed by atoms with van der Waals surface area (Å²) in [6.45, 7) is 8.08. The van der Waals surface area contributed by atoms with Gasteiger partial charge in [0.05, 0.1) is 19.3 Å². The monoisotopic (exact) mass is 230 g/mol. The van der Waals surface area contributed by atoms with Crippen molar-refractivity contribution in [2.24, 2.45) is 5.92 Å². The second-order valence-electron chi connectivity index (χ2n) is 4.55. The van der Waals surface area contributed by atoms with Crippen LogP contribution in [0.4, 0.5) is 0 Å². The quantitative estimate of drug-likeness (QED) is 0.570. The van der Waals surface area contributed by atoms with Gasteiger partial charge in [-0.15, -0.1) is 0 Å². The first-order chi connectivity index (χ1) is 7.83. The number of hydrogen-bond donors (Lipinski definition) is 2. The molecule has 1 aliphatic heterocycles. The summed E-state index contributed by atoms with van der Waals surface area (Å²) in [4.78, 5) is 0. The molecule has 0 aliphatic carbocycles. The Morgan fingerprint density at radius 1 is 1.25 bits per heavy atom. The summed E-state index contributed by atoms with van der Waals surface area (Å²) < 4.78 is 10.5. The van der Waals surface area contributed by atoms with Crippen LogP contribution in [0.3, 0.4) is 0 Å². The van der Waals surface area contributed by atoms with Crippen molar-refractivity contribution in [1.29, 1.82) is 0 Å². The molecule has 16 heavy (non-hydrogen) atoms. The molecule has 4 heteroatoms. The second kappa shape index (κ2) is 8.93. The van der Waals surface area contributed by atoms with E-state index in [0.29, 0.717) is 6.10 Å². The third-order valence-electron chi connectivity index (χ3n) is 2.90. The van der Waals surface area contributed by atoms with Crippen molar-refractivity contribution in [2.75, 3.05) is 46.5 Å². The molecule has 1 aliphatic rings. The van der Waals surface area contributed by atoms with E-state index in [-0.39, 0.29) is 0 Å². The Labute approximate surface area is 99.1 Å². The lowest BCUT2D eigenvalue weighted by Gasteiger charge is -2.09. The van der Waals surface area contributed by atoms with Gasteiger partial charge < -0.3 is 20.1 Å². The summed E-state index contributed by atoms with van der Waals surface area (Å²) >= 11 is 0. The topological polar surface area (TPSA) is 42.5 Å². The first-order valence-electron chi connectivity index (χ1n) is 6.35. The van der Waals surface area contributed by atoms with Gasteiger partial charge in [-0.05, 0) is 38.8 Å². The van der Waals surface area contributed by atoms with Crippen molar-refractivity contribution in [3.8, 4) is 0 Å². The average molecular weight is 230 g/mol. The molecule has 0 aromatic carbocycles. The number of nitrogens with one attached hydrogen (secondary N) is 2. The van der Waals surface area contributed by atoms with Crippen LogP contribution in [0.15, 0.2) is 0 Å². The van der Waals surface area contributed by atoms with E-state index >= 15 is 0 Å². The summed E-state index contributed by atoms with van der Waals surface area (Å²) in [5.41, 5.74) is 0. The molecule has 1 fully saturated rings. The largest absolute Gasteiger partial charge is 0.383 e. The summed E-state index contributed by atoms with van der Waals surface area (Å²) in [7, 11) is 1.73. The molecule has 0 bridgehead atoms. The summed E-state index contributed by atoms with van der Waals surface area (Å²) in [5.74, 6) is 0.719. The number of methoxy groups -OCH3 is 1. The molecule has 96 valence electrons. The smallest absolute Gasteiger partial charge is 0.0587 e. The van der Waals surface area contributed by atoms with Crippen LogP contribution < -0.4 is 10.6 Å². The number of hydrogen-bond acceptors (Lipinski definition) is 4. The van der Waals surface area contributed by atoms with Crippen molar-refractivity contribution in [1.82, 2.24) is 10.6 Å². The molecular weight excluding hydrogens is 204 g/mol. The molecule has 1 rings (SSSR count). The van der Waals surface area contributed by atoms with E-state index in [1.165, 1.54) is 12.8 Å². The Balaban J connectivity index is 1.78. The van der Waals surface area contributed by atoms with Crippen LogP contribution in [0.5, 0.6) is 0 Å². The minimum absolute atomic E-state index is 0.461. The maximum absolute atomic E-state index is 5.52. The lowest BCUT2D eigenvalue weighted by Crippen LogP contribution is -2.27. The van der Waals surface area contributed by atoms with Gasteiger partial charge in [-0.2, -0.15) is 0 Å². The molecule has 1 heterocycles. The predicted octanol–water partition coefficient (Wildman–Crippen LogP) is 0.627. The van der Waals surface area contributed by atoms with E-state index in [1.807, 2.05) is 0 Å². The summed E-state index contributed by atoms with van der Waals surface area (Å²) in [5, 5.41) is 6.82. The fraction of sp³-hybridized carbons (Fsp3) is 1.00. The van der Waals surface area contributed by atoms with Gasteiger partial charge in [-0.25, -0.2) is 0 Å². The van der Waals surface area contributed by atoms with Gasteiger partial charge in [0.15, 0.2) is 0 Å². The van der Waals surface area contributed by atoms with Gasteiger partial charge in [0.25, 0.3) is 0 Å². The van der Waals surface area contributed by atoms with Gasteiger partial charge >= 0.3 is 0 Å². The first-order valence-corrected chi connectivity index (χ1v) is 6.35. The van der Waals surface area contributed by atoms with Crippen LogP contribution >= 0.6 is 0 Å². The predicted molar refractivity (Wildman–Crippen MR) is 65.8 cm³/mol. The van der Waals surface area contributed by atoms with Gasteiger partial charge in [-0.1, -0.05) is 0 Å². The Morgan fingerprint density at radius 3 is 2.75 bits per heavy atom. The SMILES string of the molecule is COCCNCCCNCC1COC(C)C1. The lowest BCUT2D eigenvalue weighted by atomic mass is 10.1. The summed E-state index contributed by atoms with van der Waals surface area (Å²) in [6.07, 6.45) is 2.84. The number of rotatable bonds is 9. The molecular formula is C12H26N2O2. The van der Waals surface area contributed by atoms with Crippen LogP contribution in [-0.2, 0) is 9.47 Å². The van der Waals surface area contributed by atoms with Crippen molar-refractivity contribution < 1.29 is 9.47 Å². The Hall–Kier alpha value is -0.160. The molecule has 0 amide bonds. The second-order valence-corrected chi connectivity index (χ2v) is 4.55. The van der Waals surface area contributed by atoms with Gasteiger partial charge in [0.1, 0.15) is 0 Å². The fourth-order valence-corrected chi connectivity index (χ4v) is 1.99. The van der Waals surface area contributed by atoms with Crippen molar-refractivity contribution in [3.63, 3.8) is 0 Å². The zero-order chi connectivity index (χ0) is 11.6. The minimum atomic E-state index is 0.461. The van der Waals surface area contributed by atoms with Crippen LogP contribution in [-0.4, -0.2) is 52.6 Å². The molecule has 4 nitrogen and oxygen atoms in total. The maximum Gasteiger partial charge on any atom is 0.0587 e. The van der Waals surface area contributed by atoms with E-state index < -0.39 is 0 Å². The molecule has 1 saturated heterocycles. The lowest BCUT2D eigenvalue weighted by molar-refractivity contribution is 0.120. The summed E-state index contributed by atoms with van der Waals surface area (Å²) in [6, 6.07) is 0. The van der Waals surface area contributed by atoms with Crippen molar-refractivity contribution >= 4 is 0 Å². The molecule has 0 spiro atoms. The molecule has 2 N–H and O–H groups in total. The highest BCUT2D eigenvalue weighted by molar-refractivity contribution is 4.72. The zero-order valence-corrected chi connectivity index (χ0v) is 10.6. The molecule has 0 radical (unpaired) electrons.